The van der Waals surface area contributed by atoms with Crippen molar-refractivity contribution in [3.05, 3.63) is 60.2 Å². The minimum absolute atomic E-state index is 0.277. The molecule has 0 amide bonds. The van der Waals surface area contributed by atoms with E-state index in [4.69, 9.17) is 5.73 Å². The van der Waals surface area contributed by atoms with Crippen LogP contribution in [-0.2, 0) is 6.42 Å². The third-order valence-electron chi connectivity index (χ3n) is 2.93. The third kappa shape index (κ3) is 1.88. The third-order valence-corrected chi connectivity index (χ3v) is 2.93. The second-order valence-electron chi connectivity index (χ2n) is 4.27. The molecule has 0 saturated carbocycles. The highest BCUT2D eigenvalue weighted by Crippen LogP contribution is 2.16. The van der Waals surface area contributed by atoms with Crippen molar-refractivity contribution in [3.63, 3.8) is 0 Å². The number of nitrogen functional groups attached to an aromatic ring is 1. The Morgan fingerprint density at radius 3 is 2.72 bits per heavy atom. The van der Waals surface area contributed by atoms with Gasteiger partial charge in [0, 0.05) is 18.3 Å². The summed E-state index contributed by atoms with van der Waals surface area (Å²) >= 11 is 0. The van der Waals surface area contributed by atoms with Crippen LogP contribution < -0.4 is 5.73 Å². The lowest BCUT2D eigenvalue weighted by atomic mass is 10.1. The van der Waals surface area contributed by atoms with Gasteiger partial charge < -0.3 is 15.2 Å². The Labute approximate surface area is 104 Å². The Balaban J connectivity index is 1.97. The molecule has 4 heteroatoms. The Bertz CT molecular complexity index is 686. The lowest BCUT2D eigenvalue weighted by Crippen LogP contribution is -1.96. The normalized spacial score (nSPS) is 10.9. The highest BCUT2D eigenvalue weighted by atomic mass is 16.3. The van der Waals surface area contributed by atoms with Crippen molar-refractivity contribution >= 4 is 11.2 Å². The molecule has 2 aromatic heterocycles. The number of imidazole rings is 1. The molecule has 0 fully saturated rings. The van der Waals surface area contributed by atoms with Crippen molar-refractivity contribution in [2.24, 2.45) is 0 Å². The number of hydrogen-bond acceptors (Lipinski definition) is 3. The average Bonchev–Trinajstić information content (AvgIpc) is 2.74. The van der Waals surface area contributed by atoms with Crippen molar-refractivity contribution < 1.29 is 5.11 Å². The molecule has 4 nitrogen and oxygen atoms in total. The fourth-order valence-corrected chi connectivity index (χ4v) is 2.00. The van der Waals surface area contributed by atoms with Crippen LogP contribution in [0.25, 0.3) is 5.52 Å². The molecule has 0 saturated heterocycles. The number of phenolic OH excluding ortho intramolecular Hbond substituents is 1. The summed E-state index contributed by atoms with van der Waals surface area (Å²) in [5.74, 6) is 1.23. The van der Waals surface area contributed by atoms with Crippen LogP contribution in [0.1, 0.15) is 11.4 Å². The summed E-state index contributed by atoms with van der Waals surface area (Å²) < 4.78 is 2.02. The summed E-state index contributed by atoms with van der Waals surface area (Å²) in [4.78, 5) is 4.40. The monoisotopic (exact) mass is 239 g/mol. The van der Waals surface area contributed by atoms with Crippen molar-refractivity contribution in [2.75, 3.05) is 5.73 Å². The van der Waals surface area contributed by atoms with E-state index in [1.165, 1.54) is 0 Å². The maximum Gasteiger partial charge on any atom is 0.117 e. The standard InChI is InChI=1S/C14H13N3O/c15-11-5-6-17-12(8-11)9-16-14(17)7-10-1-3-13(18)4-2-10/h1-6,8-9,18H,7,15H2. The minimum Gasteiger partial charge on any atom is -0.508 e. The van der Waals surface area contributed by atoms with Crippen molar-refractivity contribution in [3.8, 4) is 5.75 Å². The molecule has 0 radical (unpaired) electrons. The SMILES string of the molecule is Nc1ccn2c(Cc3ccc(O)cc3)ncc2c1. The number of anilines is 1. The van der Waals surface area contributed by atoms with Crippen LogP contribution in [0, 0.1) is 0 Å². The van der Waals surface area contributed by atoms with Crippen LogP contribution in [-0.4, -0.2) is 14.5 Å². The topological polar surface area (TPSA) is 63.5 Å². The second kappa shape index (κ2) is 4.07. The molecule has 0 atom stereocenters. The number of nitrogens with zero attached hydrogens (tertiary/aromatic N) is 2. The number of aromatic nitrogens is 2. The number of nitrogens with two attached hydrogens (primary N) is 1. The Morgan fingerprint density at radius 2 is 1.94 bits per heavy atom. The number of pyridine rings is 1. The van der Waals surface area contributed by atoms with E-state index in [0.717, 1.165) is 29.0 Å². The Kier molecular flexibility index (Phi) is 2.41. The van der Waals surface area contributed by atoms with Crippen LogP contribution in [0.15, 0.2) is 48.8 Å². The summed E-state index contributed by atoms with van der Waals surface area (Å²) in [6.07, 6.45) is 4.46. The van der Waals surface area contributed by atoms with E-state index in [2.05, 4.69) is 4.98 Å². The quantitative estimate of drug-likeness (QED) is 0.720. The molecular weight excluding hydrogens is 226 g/mol. The molecule has 0 bridgehead atoms. The van der Waals surface area contributed by atoms with Gasteiger partial charge in [-0.25, -0.2) is 4.98 Å². The molecule has 3 aromatic rings. The first-order valence-electron chi connectivity index (χ1n) is 5.72. The first-order valence-corrected chi connectivity index (χ1v) is 5.72. The van der Waals surface area contributed by atoms with Gasteiger partial charge in [-0.3, -0.25) is 0 Å². The lowest BCUT2D eigenvalue weighted by Gasteiger charge is -2.02. The summed E-state index contributed by atoms with van der Waals surface area (Å²) in [6.45, 7) is 0. The van der Waals surface area contributed by atoms with E-state index >= 15 is 0 Å². The number of benzene rings is 1. The Morgan fingerprint density at radius 1 is 1.17 bits per heavy atom. The van der Waals surface area contributed by atoms with Crippen LogP contribution in [0.2, 0.25) is 0 Å². The lowest BCUT2D eigenvalue weighted by molar-refractivity contribution is 0.475. The largest absolute Gasteiger partial charge is 0.508 e. The fraction of sp³-hybridized carbons (Fsp3) is 0.0714. The highest BCUT2D eigenvalue weighted by molar-refractivity contribution is 5.56. The number of aromatic hydroxyl groups is 1. The summed E-state index contributed by atoms with van der Waals surface area (Å²) in [5, 5.41) is 9.25. The molecule has 0 aliphatic rings. The predicted octanol–water partition coefficient (Wildman–Crippen LogP) is 2.21. The van der Waals surface area contributed by atoms with Gasteiger partial charge in [-0.05, 0) is 29.8 Å². The second-order valence-corrected chi connectivity index (χ2v) is 4.27. The van der Waals surface area contributed by atoms with Crippen molar-refractivity contribution in [2.45, 2.75) is 6.42 Å². The predicted molar refractivity (Wildman–Crippen MR) is 70.5 cm³/mol. The molecular formula is C14H13N3O. The molecule has 0 aliphatic carbocycles. The number of phenols is 1. The number of hydrogen-bond donors (Lipinski definition) is 2. The van der Waals surface area contributed by atoms with Gasteiger partial charge in [0.15, 0.2) is 0 Å². The molecule has 0 spiro atoms. The minimum atomic E-state index is 0.277. The number of rotatable bonds is 2. The van der Waals surface area contributed by atoms with E-state index in [1.54, 1.807) is 12.1 Å². The molecule has 3 rings (SSSR count). The zero-order valence-electron chi connectivity index (χ0n) is 9.74. The van der Waals surface area contributed by atoms with Gasteiger partial charge in [0.2, 0.25) is 0 Å². The summed E-state index contributed by atoms with van der Waals surface area (Å²) in [6, 6.07) is 10.9. The maximum absolute atomic E-state index is 9.25. The van der Waals surface area contributed by atoms with Gasteiger partial charge in [0.05, 0.1) is 11.7 Å². The molecule has 0 aliphatic heterocycles. The molecule has 3 N–H and O–H groups in total. The van der Waals surface area contributed by atoms with Crippen molar-refractivity contribution in [1.82, 2.24) is 9.38 Å². The zero-order valence-corrected chi connectivity index (χ0v) is 9.74. The molecule has 90 valence electrons. The van der Waals surface area contributed by atoms with E-state index in [9.17, 15) is 5.11 Å². The highest BCUT2D eigenvalue weighted by Gasteiger charge is 2.04. The average molecular weight is 239 g/mol. The molecule has 1 aromatic carbocycles. The maximum atomic E-state index is 9.25. The van der Waals surface area contributed by atoms with Crippen LogP contribution in [0.3, 0.4) is 0 Å². The van der Waals surface area contributed by atoms with Crippen LogP contribution in [0.5, 0.6) is 5.75 Å². The van der Waals surface area contributed by atoms with Gasteiger partial charge in [0.1, 0.15) is 11.6 Å². The molecule has 0 unspecified atom stereocenters. The van der Waals surface area contributed by atoms with Crippen molar-refractivity contribution in [1.29, 1.82) is 0 Å². The Hall–Kier alpha value is -2.49. The molecule has 18 heavy (non-hydrogen) atoms. The van der Waals surface area contributed by atoms with E-state index in [-0.39, 0.29) is 5.75 Å². The fourth-order valence-electron chi connectivity index (χ4n) is 2.00. The smallest absolute Gasteiger partial charge is 0.117 e. The van der Waals surface area contributed by atoms with E-state index < -0.39 is 0 Å². The summed E-state index contributed by atoms with van der Waals surface area (Å²) in [7, 11) is 0. The van der Waals surface area contributed by atoms with Gasteiger partial charge in [-0.2, -0.15) is 0 Å². The summed E-state index contributed by atoms with van der Waals surface area (Å²) in [5.41, 5.74) is 8.57. The number of fused-ring (bicyclic) bond motifs is 1. The van der Waals surface area contributed by atoms with Gasteiger partial charge >= 0.3 is 0 Å². The zero-order chi connectivity index (χ0) is 12.5. The first-order chi connectivity index (χ1) is 8.72. The van der Waals surface area contributed by atoms with E-state index in [0.29, 0.717) is 0 Å². The van der Waals surface area contributed by atoms with Crippen LogP contribution in [0.4, 0.5) is 5.69 Å². The van der Waals surface area contributed by atoms with Crippen LogP contribution >= 0.6 is 0 Å². The first kappa shape index (κ1) is 10.7. The van der Waals surface area contributed by atoms with E-state index in [1.807, 2.05) is 41.1 Å². The van der Waals surface area contributed by atoms with Gasteiger partial charge in [-0.15, -0.1) is 0 Å². The van der Waals surface area contributed by atoms with Gasteiger partial charge in [0.25, 0.3) is 0 Å². The van der Waals surface area contributed by atoms with Gasteiger partial charge in [-0.1, -0.05) is 12.1 Å². The molecule has 2 heterocycles.